The zero-order valence-corrected chi connectivity index (χ0v) is 18.4. The smallest absolute Gasteiger partial charge is 0.190 e. The zero-order chi connectivity index (χ0) is 19.5. The van der Waals surface area contributed by atoms with Crippen LogP contribution in [0.4, 0.5) is 0 Å². The van der Waals surface area contributed by atoms with Crippen LogP contribution in [0.25, 0.3) is 16.9 Å². The number of hydrogen-bond acceptors (Lipinski definition) is 4. The van der Waals surface area contributed by atoms with Crippen LogP contribution in [0.3, 0.4) is 0 Å². The first kappa shape index (κ1) is 19.4. The molecule has 0 bridgehead atoms. The molecule has 4 nitrogen and oxygen atoms in total. The molecule has 1 saturated heterocycles. The molecule has 146 valence electrons. The SMILES string of the molecule is COc1ccc(C)cc1-n1c(-c2ccc(Br)cc2)csc1=NC[C@@H]1CCCO1. The zero-order valence-electron chi connectivity index (χ0n) is 16.0. The number of nitrogens with zero attached hydrogens (tertiary/aromatic N) is 2. The Morgan fingerprint density at radius 3 is 2.79 bits per heavy atom. The fourth-order valence-electron chi connectivity index (χ4n) is 3.42. The van der Waals surface area contributed by atoms with Crippen molar-refractivity contribution >= 4 is 27.3 Å². The summed E-state index contributed by atoms with van der Waals surface area (Å²) in [5, 5.41) is 2.17. The Hall–Kier alpha value is -1.89. The molecule has 1 aliphatic rings. The van der Waals surface area contributed by atoms with Crippen molar-refractivity contribution in [2.75, 3.05) is 20.3 Å². The molecule has 0 amide bonds. The van der Waals surface area contributed by atoms with E-state index < -0.39 is 0 Å². The molecule has 0 unspecified atom stereocenters. The lowest BCUT2D eigenvalue weighted by Crippen LogP contribution is -2.19. The summed E-state index contributed by atoms with van der Waals surface area (Å²) in [6.07, 6.45) is 2.44. The Kier molecular flexibility index (Phi) is 5.99. The molecule has 6 heteroatoms. The first-order valence-corrected chi connectivity index (χ1v) is 11.1. The highest BCUT2D eigenvalue weighted by Gasteiger charge is 2.17. The van der Waals surface area contributed by atoms with Crippen molar-refractivity contribution < 1.29 is 9.47 Å². The molecule has 2 aromatic carbocycles. The Morgan fingerprint density at radius 2 is 2.07 bits per heavy atom. The molecule has 1 aromatic heterocycles. The van der Waals surface area contributed by atoms with Crippen molar-refractivity contribution in [2.45, 2.75) is 25.9 Å². The van der Waals surface area contributed by atoms with E-state index >= 15 is 0 Å². The number of hydrogen-bond donors (Lipinski definition) is 0. The molecule has 1 aliphatic heterocycles. The van der Waals surface area contributed by atoms with Gasteiger partial charge in [0.2, 0.25) is 0 Å². The summed E-state index contributed by atoms with van der Waals surface area (Å²) in [4.78, 5) is 5.88. The number of halogens is 1. The minimum atomic E-state index is 0.228. The molecule has 28 heavy (non-hydrogen) atoms. The highest BCUT2D eigenvalue weighted by molar-refractivity contribution is 9.10. The Balaban J connectivity index is 1.87. The van der Waals surface area contributed by atoms with Crippen molar-refractivity contribution in [3.05, 3.63) is 62.7 Å². The number of ether oxygens (including phenoxy) is 2. The second-order valence-electron chi connectivity index (χ2n) is 6.90. The number of aryl methyl sites for hydroxylation is 1. The largest absolute Gasteiger partial charge is 0.495 e. The first-order chi connectivity index (χ1) is 13.7. The van der Waals surface area contributed by atoms with Gasteiger partial charge in [-0.1, -0.05) is 34.1 Å². The molecule has 0 N–H and O–H groups in total. The lowest BCUT2D eigenvalue weighted by molar-refractivity contribution is 0.117. The highest BCUT2D eigenvalue weighted by Crippen LogP contribution is 2.30. The van der Waals surface area contributed by atoms with Gasteiger partial charge in [0.25, 0.3) is 0 Å². The molecule has 4 rings (SSSR count). The van der Waals surface area contributed by atoms with Crippen LogP contribution < -0.4 is 9.54 Å². The number of benzene rings is 2. The van der Waals surface area contributed by atoms with E-state index in [9.17, 15) is 0 Å². The molecule has 1 fully saturated rings. The first-order valence-electron chi connectivity index (χ1n) is 9.39. The second kappa shape index (κ2) is 8.64. The van der Waals surface area contributed by atoms with E-state index in [0.717, 1.165) is 51.4 Å². The summed E-state index contributed by atoms with van der Waals surface area (Å²) in [6.45, 7) is 3.63. The van der Waals surface area contributed by atoms with Crippen LogP contribution in [0, 0.1) is 6.92 Å². The van der Waals surface area contributed by atoms with Crippen LogP contribution >= 0.6 is 27.3 Å². The quantitative estimate of drug-likeness (QED) is 0.515. The van der Waals surface area contributed by atoms with E-state index in [-0.39, 0.29) is 6.10 Å². The van der Waals surface area contributed by atoms with Crippen molar-refractivity contribution in [1.29, 1.82) is 0 Å². The van der Waals surface area contributed by atoms with Gasteiger partial charge in [0, 0.05) is 16.5 Å². The van der Waals surface area contributed by atoms with Crippen molar-refractivity contribution in [1.82, 2.24) is 4.57 Å². The van der Waals surface area contributed by atoms with Crippen molar-refractivity contribution in [3.63, 3.8) is 0 Å². The topological polar surface area (TPSA) is 35.8 Å². The standard InChI is InChI=1S/C22H23BrN2O2S/c1-15-5-10-21(26-2)19(12-15)25-20(16-6-8-17(23)9-7-16)14-28-22(25)24-13-18-4-3-11-27-18/h5-10,12,14,18H,3-4,11,13H2,1-2H3/t18-/m0/s1. The lowest BCUT2D eigenvalue weighted by Gasteiger charge is -2.14. The minimum absolute atomic E-state index is 0.228. The second-order valence-corrected chi connectivity index (χ2v) is 8.65. The maximum absolute atomic E-state index is 5.76. The lowest BCUT2D eigenvalue weighted by atomic mass is 10.1. The summed E-state index contributed by atoms with van der Waals surface area (Å²) < 4.78 is 14.7. The molecule has 0 radical (unpaired) electrons. The number of thiazole rings is 1. The van der Waals surface area contributed by atoms with Crippen LogP contribution in [-0.2, 0) is 4.74 Å². The number of rotatable bonds is 5. The van der Waals surface area contributed by atoms with Gasteiger partial charge in [-0.05, 0) is 55.2 Å². The fourth-order valence-corrected chi connectivity index (χ4v) is 4.59. The van der Waals surface area contributed by atoms with E-state index in [4.69, 9.17) is 14.5 Å². The summed E-state index contributed by atoms with van der Waals surface area (Å²) in [5.41, 5.74) is 4.43. The maximum atomic E-state index is 5.76. The molecule has 0 saturated carbocycles. The molecule has 0 aliphatic carbocycles. The summed E-state index contributed by atoms with van der Waals surface area (Å²) in [7, 11) is 1.71. The molecule has 1 atom stereocenters. The molecule has 2 heterocycles. The average Bonchev–Trinajstić information content (AvgIpc) is 3.36. The van der Waals surface area contributed by atoms with Gasteiger partial charge in [-0.15, -0.1) is 11.3 Å². The number of methoxy groups -OCH3 is 1. The van der Waals surface area contributed by atoms with E-state index in [0.29, 0.717) is 6.54 Å². The van der Waals surface area contributed by atoms with E-state index in [1.807, 2.05) is 6.07 Å². The normalized spacial score (nSPS) is 17.2. The van der Waals surface area contributed by atoms with Gasteiger partial charge in [0.05, 0.1) is 31.1 Å². The Bertz CT molecular complexity index is 1020. The third-order valence-corrected chi connectivity index (χ3v) is 6.27. The van der Waals surface area contributed by atoms with Crippen LogP contribution in [0.2, 0.25) is 0 Å². The predicted octanol–water partition coefficient (Wildman–Crippen LogP) is 5.37. The fraction of sp³-hybridized carbons (Fsp3) is 0.318. The number of aromatic nitrogens is 1. The van der Waals surface area contributed by atoms with E-state index in [1.54, 1.807) is 18.4 Å². The Labute approximate surface area is 177 Å². The summed E-state index contributed by atoms with van der Waals surface area (Å²) in [5.74, 6) is 0.834. The van der Waals surface area contributed by atoms with Gasteiger partial charge in [-0.2, -0.15) is 0 Å². The van der Waals surface area contributed by atoms with E-state index in [1.165, 1.54) is 5.56 Å². The Morgan fingerprint density at radius 1 is 1.25 bits per heavy atom. The minimum Gasteiger partial charge on any atom is -0.495 e. The van der Waals surface area contributed by atoms with Crippen LogP contribution in [0.5, 0.6) is 5.75 Å². The molecular weight excluding hydrogens is 436 g/mol. The summed E-state index contributed by atoms with van der Waals surface area (Å²) in [6, 6.07) is 14.6. The van der Waals surface area contributed by atoms with Gasteiger partial charge in [0.1, 0.15) is 5.75 Å². The van der Waals surface area contributed by atoms with Gasteiger partial charge in [-0.25, -0.2) is 0 Å². The third-order valence-electron chi connectivity index (χ3n) is 4.88. The van der Waals surface area contributed by atoms with Crippen LogP contribution in [0.15, 0.2) is 57.3 Å². The van der Waals surface area contributed by atoms with Gasteiger partial charge < -0.3 is 9.47 Å². The van der Waals surface area contributed by atoms with Gasteiger partial charge >= 0.3 is 0 Å². The van der Waals surface area contributed by atoms with Gasteiger partial charge in [0.15, 0.2) is 4.80 Å². The van der Waals surface area contributed by atoms with Crippen LogP contribution in [0.1, 0.15) is 18.4 Å². The highest BCUT2D eigenvalue weighted by atomic mass is 79.9. The average molecular weight is 459 g/mol. The maximum Gasteiger partial charge on any atom is 0.190 e. The molecular formula is C22H23BrN2O2S. The monoisotopic (exact) mass is 458 g/mol. The molecule has 3 aromatic rings. The third kappa shape index (κ3) is 4.09. The van der Waals surface area contributed by atoms with Crippen LogP contribution in [-0.4, -0.2) is 30.9 Å². The van der Waals surface area contributed by atoms with Crippen molar-refractivity contribution in [3.8, 4) is 22.7 Å². The molecule has 0 spiro atoms. The summed E-state index contributed by atoms with van der Waals surface area (Å²) >= 11 is 5.18. The van der Waals surface area contributed by atoms with E-state index in [2.05, 4.69) is 69.2 Å². The van der Waals surface area contributed by atoms with Crippen molar-refractivity contribution in [2.24, 2.45) is 4.99 Å². The van der Waals surface area contributed by atoms with Gasteiger partial charge in [-0.3, -0.25) is 9.56 Å². The predicted molar refractivity (Wildman–Crippen MR) is 117 cm³/mol.